The molecule has 0 saturated carbocycles. The zero-order valence-corrected chi connectivity index (χ0v) is 7.66. The maximum atomic E-state index is 8.50. The van der Waals surface area contributed by atoms with Crippen LogP contribution in [0.2, 0.25) is 0 Å². The normalized spacial score (nSPS) is 8.85. The molecule has 0 unspecified atom stereocenters. The van der Waals surface area contributed by atoms with Crippen molar-refractivity contribution in [1.29, 1.82) is 0 Å². The molecule has 0 spiro atoms. The second-order valence-corrected chi connectivity index (χ2v) is 2.45. The minimum atomic E-state index is -0.133. The maximum Gasteiger partial charge on any atom is 0.213 e. The molecule has 1 aromatic heterocycles. The number of hydrogen-bond acceptors (Lipinski definition) is 3. The van der Waals surface area contributed by atoms with Crippen molar-refractivity contribution in [3.8, 4) is 17.7 Å². The van der Waals surface area contributed by atoms with Crippen molar-refractivity contribution < 1.29 is 9.84 Å². The lowest BCUT2D eigenvalue weighted by Gasteiger charge is -2.00. The highest BCUT2D eigenvalue weighted by Crippen LogP contribution is 2.10. The van der Waals surface area contributed by atoms with Crippen molar-refractivity contribution in [2.24, 2.45) is 0 Å². The molecule has 0 radical (unpaired) electrons. The third-order valence-electron chi connectivity index (χ3n) is 1.57. The van der Waals surface area contributed by atoms with Crippen molar-refractivity contribution in [2.45, 2.75) is 6.92 Å². The molecule has 13 heavy (non-hydrogen) atoms. The van der Waals surface area contributed by atoms with E-state index in [1.165, 1.54) is 0 Å². The highest BCUT2D eigenvalue weighted by Gasteiger charge is 1.97. The van der Waals surface area contributed by atoms with Gasteiger partial charge < -0.3 is 9.84 Å². The molecule has 0 fully saturated rings. The molecular weight excluding hydrogens is 166 g/mol. The quantitative estimate of drug-likeness (QED) is 0.643. The second-order valence-electron chi connectivity index (χ2n) is 2.45. The molecule has 1 rings (SSSR count). The molecule has 1 aromatic rings. The number of nitrogens with zero attached hydrogens (tertiary/aromatic N) is 1. The summed E-state index contributed by atoms with van der Waals surface area (Å²) in [5, 5.41) is 8.50. The Morgan fingerprint density at radius 1 is 1.54 bits per heavy atom. The number of aromatic nitrogens is 1. The third-order valence-corrected chi connectivity index (χ3v) is 1.57. The van der Waals surface area contributed by atoms with Crippen molar-refractivity contribution >= 4 is 0 Å². The lowest BCUT2D eigenvalue weighted by molar-refractivity contribution is 0.350. The number of aliphatic hydroxyl groups is 1. The smallest absolute Gasteiger partial charge is 0.213 e. The van der Waals surface area contributed by atoms with Gasteiger partial charge in [0.1, 0.15) is 6.61 Å². The van der Waals surface area contributed by atoms with Crippen molar-refractivity contribution in [2.75, 3.05) is 13.7 Å². The minimum Gasteiger partial charge on any atom is -0.481 e. The summed E-state index contributed by atoms with van der Waals surface area (Å²) < 4.78 is 4.95. The van der Waals surface area contributed by atoms with Crippen LogP contribution >= 0.6 is 0 Å². The van der Waals surface area contributed by atoms with Gasteiger partial charge in [-0.15, -0.1) is 0 Å². The minimum absolute atomic E-state index is 0.133. The van der Waals surface area contributed by atoms with E-state index in [4.69, 9.17) is 9.84 Å². The highest BCUT2D eigenvalue weighted by molar-refractivity contribution is 5.39. The molecule has 0 saturated heterocycles. The monoisotopic (exact) mass is 177 g/mol. The van der Waals surface area contributed by atoms with E-state index in [0.717, 1.165) is 11.3 Å². The summed E-state index contributed by atoms with van der Waals surface area (Å²) in [6.07, 6.45) is 0. The van der Waals surface area contributed by atoms with E-state index in [-0.39, 0.29) is 6.61 Å². The third kappa shape index (κ3) is 2.46. The first kappa shape index (κ1) is 9.56. The van der Waals surface area contributed by atoms with Crippen LogP contribution in [0.25, 0.3) is 0 Å². The van der Waals surface area contributed by atoms with Crippen LogP contribution in [0.4, 0.5) is 0 Å². The standard InChI is InChI=1S/C10H11NO2/c1-8-9(4-3-7-12)5-6-10(11-8)13-2/h5-6,12H,7H2,1-2H3. The van der Waals surface area contributed by atoms with E-state index in [2.05, 4.69) is 16.8 Å². The lowest BCUT2D eigenvalue weighted by Crippen LogP contribution is -1.92. The van der Waals surface area contributed by atoms with E-state index in [9.17, 15) is 0 Å². The first-order valence-corrected chi connectivity index (χ1v) is 3.89. The van der Waals surface area contributed by atoms with Crippen LogP contribution in [0.1, 0.15) is 11.3 Å². The number of aryl methyl sites for hydroxylation is 1. The van der Waals surface area contributed by atoms with Crippen LogP contribution in [0.5, 0.6) is 5.88 Å². The predicted molar refractivity (Wildman–Crippen MR) is 49.5 cm³/mol. The molecule has 0 bridgehead atoms. The summed E-state index contributed by atoms with van der Waals surface area (Å²) in [6.45, 7) is 1.72. The largest absolute Gasteiger partial charge is 0.481 e. The van der Waals surface area contributed by atoms with E-state index in [1.54, 1.807) is 13.2 Å². The Morgan fingerprint density at radius 3 is 2.85 bits per heavy atom. The Kier molecular flexibility index (Phi) is 3.30. The maximum absolute atomic E-state index is 8.50. The van der Waals surface area contributed by atoms with Gasteiger partial charge in [-0.1, -0.05) is 11.8 Å². The molecule has 0 aromatic carbocycles. The summed E-state index contributed by atoms with van der Waals surface area (Å²) in [6, 6.07) is 3.57. The van der Waals surface area contributed by atoms with Crippen molar-refractivity contribution in [1.82, 2.24) is 4.98 Å². The predicted octanol–water partition coefficient (Wildman–Crippen LogP) is 0.742. The molecule has 0 aliphatic carbocycles. The average Bonchev–Trinajstić information content (AvgIpc) is 2.16. The first-order chi connectivity index (χ1) is 6.27. The van der Waals surface area contributed by atoms with Crippen LogP contribution in [0.3, 0.4) is 0 Å². The second kappa shape index (κ2) is 4.48. The first-order valence-electron chi connectivity index (χ1n) is 3.89. The molecule has 0 atom stereocenters. The molecule has 0 aliphatic rings. The van der Waals surface area contributed by atoms with Gasteiger partial charge in [0.25, 0.3) is 0 Å². The van der Waals surface area contributed by atoms with E-state index >= 15 is 0 Å². The fraction of sp³-hybridized carbons (Fsp3) is 0.300. The average molecular weight is 177 g/mol. The van der Waals surface area contributed by atoms with Gasteiger partial charge in [-0.05, 0) is 13.0 Å². The van der Waals surface area contributed by atoms with Gasteiger partial charge in [-0.2, -0.15) is 0 Å². The van der Waals surface area contributed by atoms with Crippen LogP contribution in [0.15, 0.2) is 12.1 Å². The van der Waals surface area contributed by atoms with Gasteiger partial charge in [-0.25, -0.2) is 4.98 Å². The zero-order chi connectivity index (χ0) is 9.68. The number of pyridine rings is 1. The van der Waals surface area contributed by atoms with Gasteiger partial charge in [-0.3, -0.25) is 0 Å². The highest BCUT2D eigenvalue weighted by atomic mass is 16.5. The van der Waals surface area contributed by atoms with E-state index < -0.39 is 0 Å². The van der Waals surface area contributed by atoms with Crippen LogP contribution in [0, 0.1) is 18.8 Å². The number of hydrogen-bond donors (Lipinski definition) is 1. The Hall–Kier alpha value is -1.53. The summed E-state index contributed by atoms with van der Waals surface area (Å²) in [4.78, 5) is 4.14. The summed E-state index contributed by atoms with van der Waals surface area (Å²) >= 11 is 0. The van der Waals surface area contributed by atoms with Crippen molar-refractivity contribution in [3.63, 3.8) is 0 Å². The summed E-state index contributed by atoms with van der Waals surface area (Å²) in [7, 11) is 1.57. The molecule has 1 N–H and O–H groups in total. The molecular formula is C10H11NO2. The fourth-order valence-electron chi connectivity index (χ4n) is 0.919. The fourth-order valence-corrected chi connectivity index (χ4v) is 0.919. The van der Waals surface area contributed by atoms with Gasteiger partial charge >= 0.3 is 0 Å². The lowest BCUT2D eigenvalue weighted by atomic mass is 10.2. The zero-order valence-electron chi connectivity index (χ0n) is 7.66. The van der Waals surface area contributed by atoms with Gasteiger partial charge in [0.2, 0.25) is 5.88 Å². The molecule has 68 valence electrons. The molecule has 3 nitrogen and oxygen atoms in total. The Balaban J connectivity index is 2.98. The Morgan fingerprint density at radius 2 is 2.31 bits per heavy atom. The number of aliphatic hydroxyl groups excluding tert-OH is 1. The van der Waals surface area contributed by atoms with Gasteiger partial charge in [0.05, 0.1) is 12.8 Å². The molecule has 0 aliphatic heterocycles. The van der Waals surface area contributed by atoms with E-state index in [0.29, 0.717) is 5.88 Å². The summed E-state index contributed by atoms with van der Waals surface area (Å²) in [5.41, 5.74) is 1.62. The number of ether oxygens (including phenoxy) is 1. The molecule has 0 amide bonds. The SMILES string of the molecule is COc1ccc(C#CCO)c(C)n1. The Labute approximate surface area is 77.4 Å². The van der Waals surface area contributed by atoms with Gasteiger partial charge in [0, 0.05) is 11.6 Å². The Bertz CT molecular complexity index is 350. The van der Waals surface area contributed by atoms with Gasteiger partial charge in [0.15, 0.2) is 0 Å². The van der Waals surface area contributed by atoms with Crippen LogP contribution < -0.4 is 4.74 Å². The topological polar surface area (TPSA) is 42.4 Å². The molecule has 3 heteroatoms. The summed E-state index contributed by atoms with van der Waals surface area (Å²) in [5.74, 6) is 5.94. The van der Waals surface area contributed by atoms with Crippen molar-refractivity contribution in [3.05, 3.63) is 23.4 Å². The van der Waals surface area contributed by atoms with Crippen LogP contribution in [-0.2, 0) is 0 Å². The van der Waals surface area contributed by atoms with E-state index in [1.807, 2.05) is 13.0 Å². The number of rotatable bonds is 1. The van der Waals surface area contributed by atoms with Crippen LogP contribution in [-0.4, -0.2) is 23.8 Å². The number of methoxy groups -OCH3 is 1. The molecule has 1 heterocycles.